The van der Waals surface area contributed by atoms with E-state index in [-0.39, 0.29) is 24.0 Å². The second-order valence-electron chi connectivity index (χ2n) is 10.1. The number of halogens is 3. The molecule has 4 aliphatic rings. The van der Waals surface area contributed by atoms with Gasteiger partial charge < -0.3 is 35.0 Å². The van der Waals surface area contributed by atoms with E-state index in [1.165, 1.54) is 13.8 Å². The number of likely N-dealkylation sites (tertiary alicyclic amines) is 1. The standard InChI is InChI=1S/C23H28N2O7.C2HF3O/c1-11(24-20(28)12(2)26)21(29)31-15-6-7-23(30)16-10-13-4-5-14(27)18-17(13)22(23,19(15)32-18)8-9-25(16)3;3-2(4,5)1-6/h4-6,11-12,16,19,26-27,30H,7-10H2,1-3H3,(H,24,28);1H/t11-,12-,16+,19-,22-,23+;/m0./s1. The van der Waals surface area contributed by atoms with Crippen LogP contribution in [0.15, 0.2) is 24.0 Å². The van der Waals surface area contributed by atoms with Gasteiger partial charge in [-0.25, -0.2) is 4.79 Å². The van der Waals surface area contributed by atoms with E-state index in [9.17, 15) is 38.1 Å². The van der Waals surface area contributed by atoms with Crippen molar-refractivity contribution in [3.8, 4) is 11.5 Å². The SMILES string of the molecule is C[C@H](O)C(=O)N[C@@H](C)C(=O)OC1=CC[C@@]2(O)[C@H]3Cc4ccc(O)c5c4[C@@]2(CCN3C)[C@H]1O5.O=CC(F)(F)F. The van der Waals surface area contributed by atoms with Crippen molar-refractivity contribution in [1.82, 2.24) is 10.2 Å². The van der Waals surface area contributed by atoms with Crippen LogP contribution < -0.4 is 10.1 Å². The van der Waals surface area contributed by atoms with Crippen molar-refractivity contribution in [2.75, 3.05) is 13.6 Å². The molecule has 2 aliphatic carbocycles. The Labute approximate surface area is 216 Å². The highest BCUT2D eigenvalue weighted by Gasteiger charge is 2.72. The lowest BCUT2D eigenvalue weighted by Crippen LogP contribution is -2.74. The summed E-state index contributed by atoms with van der Waals surface area (Å²) in [6, 6.07) is 2.36. The smallest absolute Gasteiger partial charge is 0.446 e. The number of hydrogen-bond acceptors (Lipinski definition) is 9. The number of hydrogen-bond donors (Lipinski definition) is 4. The maximum absolute atomic E-state index is 12.7. The second-order valence-corrected chi connectivity index (χ2v) is 10.1. The fourth-order valence-electron chi connectivity index (χ4n) is 6.03. The minimum atomic E-state index is -4.64. The van der Waals surface area contributed by atoms with E-state index in [4.69, 9.17) is 14.3 Å². The van der Waals surface area contributed by atoms with Gasteiger partial charge in [-0.15, -0.1) is 0 Å². The number of carbonyl (C=O) groups excluding carboxylic acids is 3. The summed E-state index contributed by atoms with van der Waals surface area (Å²) in [6.07, 6.45) is -4.55. The fraction of sp³-hybridized carbons (Fsp3) is 0.560. The van der Waals surface area contributed by atoms with Crippen molar-refractivity contribution >= 4 is 18.2 Å². The Balaban J connectivity index is 0.000000505. The van der Waals surface area contributed by atoms with Crippen LogP contribution in [0.5, 0.6) is 11.5 Å². The highest BCUT2D eigenvalue weighted by atomic mass is 19.4. The Bertz CT molecular complexity index is 1190. The molecule has 0 unspecified atom stereocenters. The summed E-state index contributed by atoms with van der Waals surface area (Å²) in [5, 5.41) is 34.4. The highest BCUT2D eigenvalue weighted by molar-refractivity contribution is 5.86. The molecule has 0 aromatic heterocycles. The molecule has 2 bridgehead atoms. The highest BCUT2D eigenvalue weighted by Crippen LogP contribution is 2.65. The minimum absolute atomic E-state index is 0.00417. The van der Waals surface area contributed by atoms with Crippen molar-refractivity contribution in [1.29, 1.82) is 0 Å². The zero-order valence-corrected chi connectivity index (χ0v) is 20.9. The van der Waals surface area contributed by atoms with Crippen LogP contribution in [-0.2, 0) is 31.0 Å². The Kier molecular flexibility index (Phi) is 7.00. The molecule has 1 amide bonds. The van der Waals surface area contributed by atoms with Crippen LogP contribution in [0.4, 0.5) is 13.2 Å². The molecule has 10 nitrogen and oxygen atoms in total. The Morgan fingerprint density at radius 3 is 2.58 bits per heavy atom. The van der Waals surface area contributed by atoms with E-state index in [0.717, 1.165) is 17.7 Å². The van der Waals surface area contributed by atoms with Gasteiger partial charge in [0.05, 0.1) is 11.0 Å². The van der Waals surface area contributed by atoms with Crippen LogP contribution in [-0.4, -0.2) is 88.0 Å². The number of aliphatic hydroxyl groups excluding tert-OH is 1. The molecular weight excluding hydrogens is 513 g/mol. The third kappa shape index (κ3) is 4.31. The van der Waals surface area contributed by atoms with Gasteiger partial charge in [-0.1, -0.05) is 6.07 Å². The van der Waals surface area contributed by atoms with E-state index in [0.29, 0.717) is 18.6 Å². The lowest BCUT2D eigenvalue weighted by molar-refractivity contribution is -0.170. The molecule has 6 atom stereocenters. The van der Waals surface area contributed by atoms with Gasteiger partial charge in [0, 0.05) is 18.0 Å². The van der Waals surface area contributed by atoms with E-state index in [2.05, 4.69) is 10.2 Å². The normalized spacial score (nSPS) is 30.4. The number of nitrogens with one attached hydrogen (secondary N) is 1. The van der Waals surface area contributed by atoms with Gasteiger partial charge in [-0.05, 0) is 58.0 Å². The van der Waals surface area contributed by atoms with Crippen LogP contribution in [0, 0.1) is 0 Å². The van der Waals surface area contributed by atoms with Gasteiger partial charge in [0.15, 0.2) is 17.6 Å². The van der Waals surface area contributed by atoms with Crippen molar-refractivity contribution in [3.63, 3.8) is 0 Å². The fourth-order valence-corrected chi connectivity index (χ4v) is 6.03. The van der Waals surface area contributed by atoms with E-state index < -0.39 is 53.6 Å². The van der Waals surface area contributed by atoms with Crippen LogP contribution >= 0.6 is 0 Å². The molecular formula is C25H29F3N2O8. The first-order valence-corrected chi connectivity index (χ1v) is 12.0. The number of aromatic hydroxyl groups is 1. The van der Waals surface area contributed by atoms with Crippen LogP contribution in [0.2, 0.25) is 0 Å². The molecule has 208 valence electrons. The lowest BCUT2D eigenvalue weighted by atomic mass is 9.50. The first-order valence-electron chi connectivity index (χ1n) is 12.0. The summed E-state index contributed by atoms with van der Waals surface area (Å²) in [7, 11) is 2.00. The minimum Gasteiger partial charge on any atom is -0.504 e. The largest absolute Gasteiger partial charge is 0.504 e. The number of aldehydes is 1. The number of phenolic OH excluding ortho intramolecular Hbond substituents is 1. The molecule has 1 aromatic carbocycles. The first-order chi connectivity index (χ1) is 17.7. The summed E-state index contributed by atoms with van der Waals surface area (Å²) >= 11 is 0. The second kappa shape index (κ2) is 9.54. The van der Waals surface area contributed by atoms with Crippen LogP contribution in [0.25, 0.3) is 0 Å². The number of carbonyl (C=O) groups is 3. The molecule has 2 heterocycles. The third-order valence-corrected chi connectivity index (χ3v) is 7.80. The number of rotatable bonds is 4. The molecule has 1 aromatic rings. The summed E-state index contributed by atoms with van der Waals surface area (Å²) in [4.78, 5) is 35.3. The number of aliphatic hydroxyl groups is 2. The maximum atomic E-state index is 12.7. The summed E-state index contributed by atoms with van der Waals surface area (Å²) in [5.74, 6) is -0.769. The molecule has 2 aliphatic heterocycles. The number of alkyl halides is 3. The van der Waals surface area contributed by atoms with Gasteiger partial charge in [0.1, 0.15) is 17.9 Å². The van der Waals surface area contributed by atoms with Gasteiger partial charge in [0.25, 0.3) is 0 Å². The summed E-state index contributed by atoms with van der Waals surface area (Å²) in [5.41, 5.74) is -0.153. The molecule has 5 rings (SSSR count). The number of benzene rings is 1. The topological polar surface area (TPSA) is 146 Å². The van der Waals surface area contributed by atoms with Gasteiger partial charge in [-0.3, -0.25) is 9.59 Å². The monoisotopic (exact) mass is 542 g/mol. The first kappa shape index (κ1) is 27.9. The summed E-state index contributed by atoms with van der Waals surface area (Å²) in [6.45, 7) is 3.51. The molecule has 0 radical (unpaired) electrons. The van der Waals surface area contributed by atoms with Crippen LogP contribution in [0.1, 0.15) is 37.8 Å². The van der Waals surface area contributed by atoms with E-state index >= 15 is 0 Å². The molecule has 1 fully saturated rings. The molecule has 13 heteroatoms. The lowest BCUT2D eigenvalue weighted by Gasteiger charge is -2.61. The molecule has 1 saturated heterocycles. The zero-order chi connectivity index (χ0) is 28.2. The van der Waals surface area contributed by atoms with Gasteiger partial charge in [0.2, 0.25) is 12.2 Å². The van der Waals surface area contributed by atoms with E-state index in [1.807, 2.05) is 13.1 Å². The van der Waals surface area contributed by atoms with Crippen LogP contribution in [0.3, 0.4) is 0 Å². The predicted octanol–water partition coefficient (Wildman–Crippen LogP) is 0.846. The molecule has 1 spiro atoms. The van der Waals surface area contributed by atoms with Gasteiger partial charge >= 0.3 is 12.1 Å². The molecule has 4 N–H and O–H groups in total. The van der Waals surface area contributed by atoms with Crippen molar-refractivity contribution in [2.45, 2.75) is 74.6 Å². The van der Waals surface area contributed by atoms with E-state index in [1.54, 1.807) is 12.1 Å². The van der Waals surface area contributed by atoms with Gasteiger partial charge in [-0.2, -0.15) is 13.2 Å². The number of phenols is 1. The average molecular weight is 543 g/mol. The average Bonchev–Trinajstić information content (AvgIpc) is 3.20. The molecule has 0 saturated carbocycles. The number of esters is 1. The number of amides is 1. The Morgan fingerprint density at radius 1 is 1.32 bits per heavy atom. The number of nitrogens with zero attached hydrogens (tertiary/aromatic N) is 1. The number of likely N-dealkylation sites (N-methyl/N-ethyl adjacent to an activating group) is 1. The van der Waals surface area contributed by atoms with Crippen molar-refractivity contribution in [3.05, 3.63) is 35.1 Å². The predicted molar refractivity (Wildman–Crippen MR) is 124 cm³/mol. The van der Waals surface area contributed by atoms with Crippen molar-refractivity contribution in [2.24, 2.45) is 0 Å². The Hall–Kier alpha value is -3.16. The maximum Gasteiger partial charge on any atom is 0.446 e. The molecule has 38 heavy (non-hydrogen) atoms. The van der Waals surface area contributed by atoms with Crippen molar-refractivity contribution < 1.29 is 52.3 Å². The number of piperidine rings is 1. The zero-order valence-electron chi connectivity index (χ0n) is 20.9. The third-order valence-electron chi connectivity index (χ3n) is 7.80. The quantitative estimate of drug-likeness (QED) is 0.321. The number of ether oxygens (including phenoxy) is 2. The Morgan fingerprint density at radius 2 is 1.97 bits per heavy atom. The summed E-state index contributed by atoms with van der Waals surface area (Å²) < 4.78 is 43.2.